The van der Waals surface area contributed by atoms with Crippen molar-refractivity contribution in [2.24, 2.45) is 5.92 Å². The van der Waals surface area contributed by atoms with Gasteiger partial charge in [-0.3, -0.25) is 0 Å². The lowest BCUT2D eigenvalue weighted by molar-refractivity contribution is 0.289. The van der Waals surface area contributed by atoms with E-state index in [1.165, 1.54) is 0 Å². The first-order chi connectivity index (χ1) is 9.72. The van der Waals surface area contributed by atoms with Gasteiger partial charge in [0, 0.05) is 5.39 Å². The van der Waals surface area contributed by atoms with Crippen molar-refractivity contribution in [3.63, 3.8) is 0 Å². The second kappa shape index (κ2) is 6.98. The van der Waals surface area contributed by atoms with Gasteiger partial charge in [0.15, 0.2) is 0 Å². The Balaban J connectivity index is 2.37. The van der Waals surface area contributed by atoms with Crippen molar-refractivity contribution in [3.05, 3.63) is 42.0 Å². The van der Waals surface area contributed by atoms with Gasteiger partial charge in [-0.15, -0.1) is 0 Å². The quantitative estimate of drug-likeness (QED) is 0.858. The van der Waals surface area contributed by atoms with E-state index in [1.807, 2.05) is 30.3 Å². The lowest BCUT2D eigenvalue weighted by atomic mass is 10.0. The highest BCUT2D eigenvalue weighted by Crippen LogP contribution is 2.27. The molecule has 2 aromatic carbocycles. The molecule has 2 aromatic rings. The van der Waals surface area contributed by atoms with E-state index in [9.17, 15) is 0 Å². The Morgan fingerprint density at radius 3 is 2.70 bits per heavy atom. The van der Waals surface area contributed by atoms with Crippen molar-refractivity contribution in [3.8, 4) is 17.6 Å². The number of hydrogen-bond acceptors (Lipinski definition) is 2. The Morgan fingerprint density at radius 2 is 1.95 bits per heavy atom. The second-order valence-corrected chi connectivity index (χ2v) is 5.15. The van der Waals surface area contributed by atoms with E-state index in [0.717, 1.165) is 28.5 Å². The molecule has 0 saturated carbocycles. The summed E-state index contributed by atoms with van der Waals surface area (Å²) in [7, 11) is 0. The largest absolute Gasteiger partial charge is 0.492 e. The van der Waals surface area contributed by atoms with Crippen LogP contribution in [0.5, 0.6) is 5.75 Å². The third-order valence-electron chi connectivity index (χ3n) is 3.14. The van der Waals surface area contributed by atoms with Gasteiger partial charge in [0.25, 0.3) is 0 Å². The molecule has 0 aliphatic carbocycles. The summed E-state index contributed by atoms with van der Waals surface area (Å²) in [6.07, 6.45) is 1.01. The number of aliphatic hydroxyl groups is 1. The molecule has 2 rings (SSSR count). The fourth-order valence-corrected chi connectivity index (χ4v) is 2.03. The highest BCUT2D eigenvalue weighted by atomic mass is 16.5. The third kappa shape index (κ3) is 3.53. The van der Waals surface area contributed by atoms with E-state index in [4.69, 9.17) is 9.84 Å². The molecular formula is C18H20O2. The van der Waals surface area contributed by atoms with E-state index in [0.29, 0.717) is 12.5 Å². The Labute approximate surface area is 120 Å². The molecule has 0 aliphatic heterocycles. The molecule has 104 valence electrons. The van der Waals surface area contributed by atoms with Crippen LogP contribution in [0.25, 0.3) is 10.8 Å². The van der Waals surface area contributed by atoms with Crippen molar-refractivity contribution in [2.75, 3.05) is 13.2 Å². The van der Waals surface area contributed by atoms with E-state index in [2.05, 4.69) is 31.8 Å². The molecule has 1 N–H and O–H groups in total. The maximum Gasteiger partial charge on any atom is 0.135 e. The zero-order valence-corrected chi connectivity index (χ0v) is 12.0. The first-order valence-electron chi connectivity index (χ1n) is 6.96. The smallest absolute Gasteiger partial charge is 0.135 e. The monoisotopic (exact) mass is 268 g/mol. The van der Waals surface area contributed by atoms with Gasteiger partial charge < -0.3 is 9.84 Å². The van der Waals surface area contributed by atoms with E-state index >= 15 is 0 Å². The molecule has 0 aliphatic rings. The molecule has 0 radical (unpaired) electrons. The maximum absolute atomic E-state index is 8.92. The molecular weight excluding hydrogens is 248 g/mol. The molecule has 20 heavy (non-hydrogen) atoms. The topological polar surface area (TPSA) is 29.5 Å². The number of hydrogen-bond donors (Lipinski definition) is 1. The maximum atomic E-state index is 8.92. The predicted molar refractivity (Wildman–Crippen MR) is 82.9 cm³/mol. The normalized spacial score (nSPS) is 10.4. The minimum Gasteiger partial charge on any atom is -0.492 e. The Bertz CT molecular complexity index is 633. The van der Waals surface area contributed by atoms with Crippen LogP contribution >= 0.6 is 0 Å². The molecule has 0 saturated heterocycles. The summed E-state index contributed by atoms with van der Waals surface area (Å²) < 4.78 is 5.87. The minimum atomic E-state index is -0.144. The predicted octanol–water partition coefficient (Wildman–Crippen LogP) is 3.61. The number of fused-ring (bicyclic) bond motifs is 1. The van der Waals surface area contributed by atoms with Gasteiger partial charge in [0.05, 0.1) is 12.2 Å². The third-order valence-corrected chi connectivity index (χ3v) is 3.14. The van der Waals surface area contributed by atoms with Crippen LogP contribution in [-0.4, -0.2) is 18.3 Å². The number of rotatable bonds is 4. The molecule has 2 nitrogen and oxygen atoms in total. The highest BCUT2D eigenvalue weighted by molar-refractivity contribution is 5.90. The van der Waals surface area contributed by atoms with Crippen LogP contribution in [0.1, 0.15) is 25.8 Å². The van der Waals surface area contributed by atoms with Crippen LogP contribution in [-0.2, 0) is 0 Å². The lowest BCUT2D eigenvalue weighted by Crippen LogP contribution is -2.03. The van der Waals surface area contributed by atoms with E-state index in [1.54, 1.807) is 0 Å². The van der Waals surface area contributed by atoms with Crippen LogP contribution in [0.4, 0.5) is 0 Å². The number of ether oxygens (including phenoxy) is 1. The zero-order valence-electron chi connectivity index (χ0n) is 12.0. The summed E-state index contributed by atoms with van der Waals surface area (Å²) in [4.78, 5) is 0. The van der Waals surface area contributed by atoms with Gasteiger partial charge in [0.2, 0.25) is 0 Å². The van der Waals surface area contributed by atoms with Crippen molar-refractivity contribution < 1.29 is 9.84 Å². The average Bonchev–Trinajstić information content (AvgIpc) is 2.45. The van der Waals surface area contributed by atoms with Gasteiger partial charge in [-0.05, 0) is 23.8 Å². The molecule has 0 aromatic heterocycles. The fourth-order valence-electron chi connectivity index (χ4n) is 2.03. The summed E-state index contributed by atoms with van der Waals surface area (Å²) in [5.41, 5.74) is 0.862. The SMILES string of the molecule is CC(C)CCOc1ccc2ccccc2c1C#CCO. The molecule has 0 bridgehead atoms. The lowest BCUT2D eigenvalue weighted by Gasteiger charge is -2.12. The Morgan fingerprint density at radius 1 is 1.15 bits per heavy atom. The van der Waals surface area contributed by atoms with E-state index in [-0.39, 0.29) is 6.61 Å². The summed E-state index contributed by atoms with van der Waals surface area (Å²) in [5, 5.41) is 11.1. The molecule has 0 heterocycles. The summed E-state index contributed by atoms with van der Waals surface area (Å²) in [6.45, 7) is 4.89. The summed E-state index contributed by atoms with van der Waals surface area (Å²) in [6, 6.07) is 12.1. The zero-order chi connectivity index (χ0) is 14.4. The van der Waals surface area contributed by atoms with Crippen molar-refractivity contribution in [2.45, 2.75) is 20.3 Å². The highest BCUT2D eigenvalue weighted by Gasteiger charge is 2.07. The first-order valence-corrected chi connectivity index (χ1v) is 6.96. The molecule has 0 fully saturated rings. The summed E-state index contributed by atoms with van der Waals surface area (Å²) in [5.74, 6) is 7.15. The second-order valence-electron chi connectivity index (χ2n) is 5.15. The van der Waals surface area contributed by atoms with Crippen LogP contribution in [0, 0.1) is 17.8 Å². The Hall–Kier alpha value is -1.98. The first kappa shape index (κ1) is 14.4. The minimum absolute atomic E-state index is 0.144. The van der Waals surface area contributed by atoms with E-state index < -0.39 is 0 Å². The molecule has 0 atom stereocenters. The van der Waals surface area contributed by atoms with Gasteiger partial charge in [0.1, 0.15) is 12.4 Å². The number of benzene rings is 2. The average molecular weight is 268 g/mol. The van der Waals surface area contributed by atoms with Crippen molar-refractivity contribution in [1.29, 1.82) is 0 Å². The molecule has 0 spiro atoms. The Kier molecular flexibility index (Phi) is 5.03. The summed E-state index contributed by atoms with van der Waals surface area (Å²) >= 11 is 0. The van der Waals surface area contributed by atoms with Gasteiger partial charge in [-0.25, -0.2) is 0 Å². The molecule has 2 heteroatoms. The molecule has 0 unspecified atom stereocenters. The van der Waals surface area contributed by atoms with Crippen LogP contribution < -0.4 is 4.74 Å². The van der Waals surface area contributed by atoms with Crippen molar-refractivity contribution in [1.82, 2.24) is 0 Å². The fraction of sp³-hybridized carbons (Fsp3) is 0.333. The van der Waals surface area contributed by atoms with Crippen molar-refractivity contribution >= 4 is 10.8 Å². The van der Waals surface area contributed by atoms with Crippen LogP contribution in [0.2, 0.25) is 0 Å². The molecule has 0 amide bonds. The van der Waals surface area contributed by atoms with Gasteiger partial charge >= 0.3 is 0 Å². The van der Waals surface area contributed by atoms with Crippen LogP contribution in [0.3, 0.4) is 0 Å². The van der Waals surface area contributed by atoms with Gasteiger partial charge in [-0.1, -0.05) is 56.0 Å². The van der Waals surface area contributed by atoms with Crippen LogP contribution in [0.15, 0.2) is 36.4 Å². The standard InChI is InChI=1S/C18H20O2/c1-14(2)11-13-20-18-10-9-15-6-3-4-7-16(15)17(18)8-5-12-19/h3-4,6-7,9-10,14,19H,11-13H2,1-2H3. The van der Waals surface area contributed by atoms with Gasteiger partial charge in [-0.2, -0.15) is 0 Å². The number of aliphatic hydroxyl groups excluding tert-OH is 1.